The molecule has 1 aromatic heterocycles. The van der Waals surface area contributed by atoms with Gasteiger partial charge in [0.25, 0.3) is 0 Å². The number of benzene rings is 5. The molecule has 0 saturated heterocycles. The molecule has 0 unspecified atom stereocenters. The van der Waals surface area contributed by atoms with E-state index >= 15 is 0 Å². The molecule has 40 heavy (non-hydrogen) atoms. The van der Waals surface area contributed by atoms with Crippen LogP contribution in [0.5, 0.6) is 0 Å². The van der Waals surface area contributed by atoms with Crippen molar-refractivity contribution in [3.05, 3.63) is 138 Å². The smallest absolute Gasteiger partial charge is 0.164 e. The molecule has 0 aliphatic heterocycles. The van der Waals surface area contributed by atoms with Crippen LogP contribution in [0.3, 0.4) is 0 Å². The zero-order valence-corrected chi connectivity index (χ0v) is 22.5. The van der Waals surface area contributed by atoms with Crippen molar-refractivity contribution in [3.8, 4) is 56.4 Å². The van der Waals surface area contributed by atoms with E-state index in [0.717, 1.165) is 23.1 Å². The molecule has 6 aromatic rings. The third kappa shape index (κ3) is 3.41. The van der Waals surface area contributed by atoms with Gasteiger partial charge in [-0.3, -0.25) is 0 Å². The predicted molar refractivity (Wildman–Crippen MR) is 162 cm³/mol. The van der Waals surface area contributed by atoms with Gasteiger partial charge in [0.05, 0.1) is 0 Å². The van der Waals surface area contributed by atoms with E-state index in [1.54, 1.807) is 0 Å². The monoisotopic (exact) mass is 513 g/mol. The van der Waals surface area contributed by atoms with E-state index in [1.807, 2.05) is 36.4 Å². The molecule has 0 N–H and O–H groups in total. The Morgan fingerprint density at radius 1 is 0.500 bits per heavy atom. The van der Waals surface area contributed by atoms with E-state index in [4.69, 9.17) is 15.0 Å². The largest absolute Gasteiger partial charge is 0.208 e. The molecule has 0 amide bonds. The lowest BCUT2D eigenvalue weighted by molar-refractivity contribution is 0.654. The van der Waals surface area contributed by atoms with E-state index in [-0.39, 0.29) is 5.41 Å². The second-order valence-corrected chi connectivity index (χ2v) is 11.3. The molecule has 3 nitrogen and oxygen atoms in total. The number of rotatable bonds is 3. The molecule has 2 aliphatic rings. The van der Waals surface area contributed by atoms with E-state index in [2.05, 4.69) is 92.7 Å². The van der Waals surface area contributed by atoms with Crippen molar-refractivity contribution >= 4 is 0 Å². The molecule has 3 heteroatoms. The average Bonchev–Trinajstić information content (AvgIpc) is 3.50. The van der Waals surface area contributed by atoms with Crippen LogP contribution in [-0.2, 0) is 11.8 Å². The highest BCUT2D eigenvalue weighted by molar-refractivity contribution is 5.90. The summed E-state index contributed by atoms with van der Waals surface area (Å²) in [6.45, 7) is 4.73. The summed E-state index contributed by atoms with van der Waals surface area (Å²) in [6, 6.07) is 40.5. The molecule has 0 fully saturated rings. The van der Waals surface area contributed by atoms with Crippen molar-refractivity contribution in [3.63, 3.8) is 0 Å². The average molecular weight is 514 g/mol. The van der Waals surface area contributed by atoms with Gasteiger partial charge in [-0.2, -0.15) is 0 Å². The molecule has 0 atom stereocenters. The van der Waals surface area contributed by atoms with Gasteiger partial charge in [-0.15, -0.1) is 0 Å². The first-order valence-corrected chi connectivity index (χ1v) is 13.8. The molecule has 0 radical (unpaired) electrons. The Morgan fingerprint density at radius 3 is 1.73 bits per heavy atom. The van der Waals surface area contributed by atoms with Crippen LogP contribution in [0.2, 0.25) is 0 Å². The number of nitrogens with zero attached hydrogens (tertiary/aromatic N) is 3. The van der Waals surface area contributed by atoms with Gasteiger partial charge < -0.3 is 0 Å². The predicted octanol–water partition coefficient (Wildman–Crippen LogP) is 8.75. The molecule has 0 spiro atoms. The topological polar surface area (TPSA) is 38.7 Å². The van der Waals surface area contributed by atoms with Gasteiger partial charge in [0.1, 0.15) is 0 Å². The van der Waals surface area contributed by atoms with Crippen LogP contribution < -0.4 is 0 Å². The summed E-state index contributed by atoms with van der Waals surface area (Å²) < 4.78 is 0. The summed E-state index contributed by atoms with van der Waals surface area (Å²) in [6.07, 6.45) is 0.993. The fourth-order valence-corrected chi connectivity index (χ4v) is 6.66. The third-order valence-corrected chi connectivity index (χ3v) is 8.55. The summed E-state index contributed by atoms with van der Waals surface area (Å²) in [7, 11) is 0. The Bertz CT molecular complexity index is 1880. The highest BCUT2D eigenvalue weighted by Crippen LogP contribution is 2.54. The molecule has 5 aromatic carbocycles. The van der Waals surface area contributed by atoms with E-state index in [1.165, 1.54) is 44.5 Å². The summed E-state index contributed by atoms with van der Waals surface area (Å²) in [5, 5.41) is 0. The molecule has 8 rings (SSSR count). The number of aromatic nitrogens is 3. The van der Waals surface area contributed by atoms with E-state index in [9.17, 15) is 0 Å². The Kier molecular flexibility index (Phi) is 4.93. The molecule has 1 heterocycles. The second kappa shape index (κ2) is 8.56. The minimum Gasteiger partial charge on any atom is -0.208 e. The number of hydrogen-bond acceptors (Lipinski definition) is 3. The summed E-state index contributed by atoms with van der Waals surface area (Å²) in [4.78, 5) is 14.8. The van der Waals surface area contributed by atoms with Gasteiger partial charge in [0.2, 0.25) is 0 Å². The maximum absolute atomic E-state index is 4.98. The van der Waals surface area contributed by atoms with Gasteiger partial charge in [-0.05, 0) is 57.0 Å². The lowest BCUT2D eigenvalue weighted by atomic mass is 9.79. The molecule has 190 valence electrons. The molecule has 0 saturated carbocycles. The SMILES string of the molecule is CC1(C)c2cc(-c3nc(-c4ccccc4)nc(-c4ccccc4)n3)ccc2-c2ccc3c(c21)Cc1ccccc1-3. The highest BCUT2D eigenvalue weighted by Gasteiger charge is 2.40. The lowest BCUT2D eigenvalue weighted by Gasteiger charge is -2.24. The van der Waals surface area contributed by atoms with Crippen LogP contribution in [0, 0.1) is 0 Å². The quantitative estimate of drug-likeness (QED) is 0.237. The standard InChI is InChI=1S/C37H27N3/c1-37(2)32-22-26(17-18-29(32)30-20-19-28-27-16-10-9-15-25(27)21-31(28)33(30)37)36-39-34(23-11-5-3-6-12-23)38-35(40-36)24-13-7-4-8-14-24/h3-20,22H,21H2,1-2H3. The fourth-order valence-electron chi connectivity index (χ4n) is 6.66. The van der Waals surface area contributed by atoms with Crippen LogP contribution in [0.4, 0.5) is 0 Å². The normalized spacial score (nSPS) is 13.8. The van der Waals surface area contributed by atoms with Gasteiger partial charge >= 0.3 is 0 Å². The van der Waals surface area contributed by atoms with Gasteiger partial charge in [0, 0.05) is 22.1 Å². The van der Waals surface area contributed by atoms with Crippen LogP contribution >= 0.6 is 0 Å². The Hall–Kier alpha value is -4.89. The molecule has 0 bridgehead atoms. The maximum Gasteiger partial charge on any atom is 0.164 e. The van der Waals surface area contributed by atoms with Crippen LogP contribution in [0.25, 0.3) is 56.4 Å². The molecular weight excluding hydrogens is 486 g/mol. The first-order chi connectivity index (χ1) is 19.6. The zero-order chi connectivity index (χ0) is 26.8. The summed E-state index contributed by atoms with van der Waals surface area (Å²) in [5.41, 5.74) is 13.9. The van der Waals surface area contributed by atoms with Crippen molar-refractivity contribution in [2.75, 3.05) is 0 Å². The highest BCUT2D eigenvalue weighted by atomic mass is 15.0. The first kappa shape index (κ1) is 23.0. The maximum atomic E-state index is 4.98. The van der Waals surface area contributed by atoms with Crippen molar-refractivity contribution in [1.29, 1.82) is 0 Å². The third-order valence-electron chi connectivity index (χ3n) is 8.55. The number of hydrogen-bond donors (Lipinski definition) is 0. The van der Waals surface area contributed by atoms with Crippen LogP contribution in [0.15, 0.2) is 115 Å². The lowest BCUT2D eigenvalue weighted by Crippen LogP contribution is -2.17. The molecule has 2 aliphatic carbocycles. The Labute approximate surface area is 234 Å². The molecular formula is C37H27N3. The second-order valence-electron chi connectivity index (χ2n) is 11.3. The van der Waals surface area contributed by atoms with Gasteiger partial charge in [-0.1, -0.05) is 123 Å². The summed E-state index contributed by atoms with van der Waals surface area (Å²) >= 11 is 0. The van der Waals surface area contributed by atoms with Crippen LogP contribution in [0.1, 0.15) is 36.1 Å². The summed E-state index contributed by atoms with van der Waals surface area (Å²) in [5.74, 6) is 2.06. The minimum absolute atomic E-state index is 0.133. The van der Waals surface area contributed by atoms with Crippen LogP contribution in [-0.4, -0.2) is 15.0 Å². The number of fused-ring (bicyclic) bond motifs is 7. The van der Waals surface area contributed by atoms with Crippen molar-refractivity contribution in [2.24, 2.45) is 0 Å². The van der Waals surface area contributed by atoms with Gasteiger partial charge in [0.15, 0.2) is 17.5 Å². The zero-order valence-electron chi connectivity index (χ0n) is 22.5. The van der Waals surface area contributed by atoms with Crippen molar-refractivity contribution in [2.45, 2.75) is 25.7 Å². The minimum atomic E-state index is -0.133. The fraction of sp³-hybridized carbons (Fsp3) is 0.108. The van der Waals surface area contributed by atoms with Crippen molar-refractivity contribution in [1.82, 2.24) is 15.0 Å². The van der Waals surface area contributed by atoms with E-state index in [0.29, 0.717) is 17.5 Å². The Morgan fingerprint density at radius 2 is 1.05 bits per heavy atom. The Balaban J connectivity index is 1.28. The first-order valence-electron chi connectivity index (χ1n) is 13.8. The van der Waals surface area contributed by atoms with E-state index < -0.39 is 0 Å². The van der Waals surface area contributed by atoms with Crippen molar-refractivity contribution < 1.29 is 0 Å². The van der Waals surface area contributed by atoms with Gasteiger partial charge in [-0.25, -0.2) is 15.0 Å².